The summed E-state index contributed by atoms with van der Waals surface area (Å²) in [5, 5.41) is 22.8. The molecule has 0 bridgehead atoms. The Morgan fingerprint density at radius 2 is 1.37 bits per heavy atom. The number of Topliss-reactive ketones (excluding diaryl/α,β-unsaturated/α-hetero) is 1. The first-order valence-corrected chi connectivity index (χ1v) is 5.97. The van der Waals surface area contributed by atoms with Crippen molar-refractivity contribution < 1.29 is 15.0 Å². The van der Waals surface area contributed by atoms with Crippen LogP contribution in [0.3, 0.4) is 0 Å². The maximum Gasteiger partial charge on any atom is 0.159 e. The lowest BCUT2D eigenvalue weighted by Crippen LogP contribution is -1.91. The Morgan fingerprint density at radius 1 is 0.842 bits per heavy atom. The first kappa shape index (κ1) is 11.5. The van der Waals surface area contributed by atoms with Gasteiger partial charge in [0, 0.05) is 27.1 Å². The van der Waals surface area contributed by atoms with Gasteiger partial charge in [0.15, 0.2) is 5.78 Å². The van der Waals surface area contributed by atoms with Gasteiger partial charge in [0.05, 0.1) is 0 Å². The van der Waals surface area contributed by atoms with Crippen molar-refractivity contribution in [1.82, 2.24) is 0 Å². The van der Waals surface area contributed by atoms with Gasteiger partial charge in [-0.25, -0.2) is 0 Å². The summed E-state index contributed by atoms with van der Waals surface area (Å²) >= 11 is 0. The number of phenolic OH excluding ortho intramolecular Hbond substituents is 2. The molecule has 0 heterocycles. The molecule has 2 N–H and O–H groups in total. The third kappa shape index (κ3) is 1.63. The van der Waals surface area contributed by atoms with Crippen molar-refractivity contribution >= 4 is 27.3 Å². The van der Waals surface area contributed by atoms with Crippen molar-refractivity contribution in [3.8, 4) is 11.5 Å². The number of fused-ring (bicyclic) bond motifs is 2. The Balaban J connectivity index is 2.52. The zero-order valence-electron chi connectivity index (χ0n) is 10.3. The maximum atomic E-state index is 11.4. The molecule has 0 unspecified atom stereocenters. The van der Waals surface area contributed by atoms with Gasteiger partial charge in [0.2, 0.25) is 0 Å². The molecule has 0 fully saturated rings. The second-order valence-electron chi connectivity index (χ2n) is 4.56. The fourth-order valence-corrected chi connectivity index (χ4v) is 2.35. The minimum absolute atomic E-state index is 0.0750. The first-order valence-electron chi connectivity index (χ1n) is 5.97. The normalized spacial score (nSPS) is 11.0. The molecule has 0 aliphatic heterocycles. The largest absolute Gasteiger partial charge is 0.507 e. The standard InChI is InChI=1S/C16H12O3/c1-9(17)10-6-7-13-14(8-10)16(19)12-5-3-2-4-11(12)15(13)18/h2-8,18-19H,1H3. The molecule has 0 radical (unpaired) electrons. The number of carbonyl (C=O) groups excluding carboxylic acids is 1. The van der Waals surface area contributed by atoms with Crippen molar-refractivity contribution in [3.63, 3.8) is 0 Å². The topological polar surface area (TPSA) is 57.5 Å². The molecule has 94 valence electrons. The van der Waals surface area contributed by atoms with Crippen LogP contribution in [-0.4, -0.2) is 16.0 Å². The second kappa shape index (κ2) is 3.99. The number of aromatic hydroxyl groups is 2. The minimum atomic E-state index is -0.0750. The van der Waals surface area contributed by atoms with Crippen molar-refractivity contribution in [2.45, 2.75) is 6.92 Å². The van der Waals surface area contributed by atoms with Crippen LogP contribution >= 0.6 is 0 Å². The molecule has 0 amide bonds. The number of rotatable bonds is 1. The molecule has 3 heteroatoms. The van der Waals surface area contributed by atoms with E-state index in [1.165, 1.54) is 6.92 Å². The van der Waals surface area contributed by atoms with Gasteiger partial charge in [-0.15, -0.1) is 0 Å². The summed E-state index contributed by atoms with van der Waals surface area (Å²) in [6, 6.07) is 12.0. The summed E-state index contributed by atoms with van der Waals surface area (Å²) < 4.78 is 0. The molecule has 3 nitrogen and oxygen atoms in total. The van der Waals surface area contributed by atoms with E-state index >= 15 is 0 Å². The van der Waals surface area contributed by atoms with Crippen molar-refractivity contribution in [1.29, 1.82) is 0 Å². The van der Waals surface area contributed by atoms with E-state index in [2.05, 4.69) is 0 Å². The molecule has 0 atom stereocenters. The highest BCUT2D eigenvalue weighted by atomic mass is 16.3. The van der Waals surface area contributed by atoms with Crippen LogP contribution < -0.4 is 0 Å². The van der Waals surface area contributed by atoms with Gasteiger partial charge < -0.3 is 10.2 Å². The number of benzene rings is 3. The number of hydrogen-bond donors (Lipinski definition) is 2. The lowest BCUT2D eigenvalue weighted by Gasteiger charge is -2.10. The molecule has 3 rings (SSSR count). The highest BCUT2D eigenvalue weighted by Gasteiger charge is 2.13. The third-order valence-electron chi connectivity index (χ3n) is 3.37. The smallest absolute Gasteiger partial charge is 0.159 e. The van der Waals surface area contributed by atoms with Crippen LogP contribution in [0.2, 0.25) is 0 Å². The molecule has 0 spiro atoms. The first-order chi connectivity index (χ1) is 9.09. The van der Waals surface area contributed by atoms with Crippen LogP contribution in [-0.2, 0) is 0 Å². The molecule has 0 saturated carbocycles. The lowest BCUT2D eigenvalue weighted by atomic mass is 9.98. The van der Waals surface area contributed by atoms with Crippen LogP contribution in [0.1, 0.15) is 17.3 Å². The Kier molecular flexibility index (Phi) is 2.42. The average Bonchev–Trinajstić information content (AvgIpc) is 2.44. The average molecular weight is 252 g/mol. The van der Waals surface area contributed by atoms with E-state index in [0.717, 1.165) is 0 Å². The minimum Gasteiger partial charge on any atom is -0.507 e. The van der Waals surface area contributed by atoms with E-state index in [1.54, 1.807) is 42.5 Å². The van der Waals surface area contributed by atoms with Crippen molar-refractivity contribution in [3.05, 3.63) is 48.0 Å². The number of ketones is 1. The second-order valence-corrected chi connectivity index (χ2v) is 4.56. The fourth-order valence-electron chi connectivity index (χ4n) is 2.35. The summed E-state index contributed by atoms with van der Waals surface area (Å²) in [5.41, 5.74) is 0.512. The van der Waals surface area contributed by atoms with Gasteiger partial charge in [-0.3, -0.25) is 4.79 Å². The summed E-state index contributed by atoms with van der Waals surface area (Å²) in [4.78, 5) is 11.4. The van der Waals surface area contributed by atoms with Gasteiger partial charge in [0.1, 0.15) is 11.5 Å². The molecule has 0 saturated heterocycles. The Hall–Kier alpha value is -2.55. The van der Waals surface area contributed by atoms with Crippen LogP contribution in [0.4, 0.5) is 0 Å². The zero-order chi connectivity index (χ0) is 13.6. The van der Waals surface area contributed by atoms with Gasteiger partial charge in [-0.05, 0) is 19.1 Å². The third-order valence-corrected chi connectivity index (χ3v) is 3.37. The monoisotopic (exact) mass is 252 g/mol. The summed E-state index contributed by atoms with van der Waals surface area (Å²) in [6.07, 6.45) is 0. The summed E-state index contributed by atoms with van der Waals surface area (Å²) in [5.74, 6) is 0.138. The van der Waals surface area contributed by atoms with E-state index < -0.39 is 0 Å². The van der Waals surface area contributed by atoms with Crippen molar-refractivity contribution in [2.75, 3.05) is 0 Å². The quantitative estimate of drug-likeness (QED) is 0.395. The van der Waals surface area contributed by atoms with Gasteiger partial charge in [-0.2, -0.15) is 0 Å². The summed E-state index contributed by atoms with van der Waals surface area (Å²) in [7, 11) is 0. The van der Waals surface area contributed by atoms with Crippen LogP contribution in [0.5, 0.6) is 11.5 Å². The highest BCUT2D eigenvalue weighted by molar-refractivity contribution is 6.12. The highest BCUT2D eigenvalue weighted by Crippen LogP contribution is 2.41. The van der Waals surface area contributed by atoms with Gasteiger partial charge in [0.25, 0.3) is 0 Å². The van der Waals surface area contributed by atoms with Crippen molar-refractivity contribution in [2.24, 2.45) is 0 Å². The molecular weight excluding hydrogens is 240 g/mol. The molecule has 0 aliphatic carbocycles. The lowest BCUT2D eigenvalue weighted by molar-refractivity contribution is 0.101. The van der Waals surface area contributed by atoms with Crippen LogP contribution in [0.25, 0.3) is 21.5 Å². The molecule has 3 aromatic carbocycles. The van der Waals surface area contributed by atoms with Gasteiger partial charge >= 0.3 is 0 Å². The maximum absolute atomic E-state index is 11.4. The van der Waals surface area contributed by atoms with Crippen LogP contribution in [0, 0.1) is 0 Å². The molecular formula is C16H12O3. The van der Waals surface area contributed by atoms with Crippen LogP contribution in [0.15, 0.2) is 42.5 Å². The summed E-state index contributed by atoms with van der Waals surface area (Å²) in [6.45, 7) is 1.47. The van der Waals surface area contributed by atoms with E-state index in [9.17, 15) is 15.0 Å². The fraction of sp³-hybridized carbons (Fsp3) is 0.0625. The van der Waals surface area contributed by atoms with Gasteiger partial charge in [-0.1, -0.05) is 30.3 Å². The SMILES string of the molecule is CC(=O)c1ccc2c(O)c3ccccc3c(O)c2c1. The molecule has 19 heavy (non-hydrogen) atoms. The van der Waals surface area contributed by atoms with E-state index in [-0.39, 0.29) is 17.3 Å². The predicted octanol–water partition coefficient (Wildman–Crippen LogP) is 3.61. The van der Waals surface area contributed by atoms with E-state index in [0.29, 0.717) is 27.1 Å². The van der Waals surface area contributed by atoms with E-state index in [4.69, 9.17) is 0 Å². The molecule has 3 aromatic rings. The Bertz CT molecular complexity index is 819. The Labute approximate surface area is 109 Å². The zero-order valence-corrected chi connectivity index (χ0v) is 10.3. The molecule has 0 aliphatic rings. The molecule has 0 aromatic heterocycles. The predicted molar refractivity (Wildman–Crippen MR) is 74.8 cm³/mol. The van der Waals surface area contributed by atoms with E-state index in [1.807, 2.05) is 0 Å². The number of hydrogen-bond acceptors (Lipinski definition) is 3. The number of carbonyl (C=O) groups is 1. The number of phenols is 2. The Morgan fingerprint density at radius 3 is 1.95 bits per heavy atom.